The zero-order valence-electron chi connectivity index (χ0n) is 8.25. The topological polar surface area (TPSA) is 58.9 Å². The standard InChI is InChI=1S/C11H16N2O/c12-7-8-5-10(13-11(14)6-8)9-3-1-2-4-9/h5-6,9H,1-4,7,12H2,(H,13,14). The van der Waals surface area contributed by atoms with Crippen molar-refractivity contribution in [2.75, 3.05) is 0 Å². The predicted octanol–water partition coefficient (Wildman–Crippen LogP) is 1.49. The number of nitrogens with two attached hydrogens (primary N) is 1. The van der Waals surface area contributed by atoms with E-state index in [0.29, 0.717) is 12.5 Å². The van der Waals surface area contributed by atoms with Crippen LogP contribution in [0.5, 0.6) is 0 Å². The summed E-state index contributed by atoms with van der Waals surface area (Å²) in [6.07, 6.45) is 4.95. The number of hydrogen-bond donors (Lipinski definition) is 2. The Balaban J connectivity index is 2.32. The van der Waals surface area contributed by atoms with Crippen molar-refractivity contribution in [1.29, 1.82) is 0 Å². The lowest BCUT2D eigenvalue weighted by atomic mass is 10.0. The number of hydrogen-bond acceptors (Lipinski definition) is 2. The molecule has 3 heteroatoms. The largest absolute Gasteiger partial charge is 0.326 e. The third kappa shape index (κ3) is 1.87. The van der Waals surface area contributed by atoms with Crippen molar-refractivity contribution >= 4 is 0 Å². The first kappa shape index (κ1) is 9.46. The third-order valence-corrected chi connectivity index (χ3v) is 2.96. The Bertz CT molecular complexity index is 364. The van der Waals surface area contributed by atoms with Crippen molar-refractivity contribution < 1.29 is 0 Å². The molecule has 1 fully saturated rings. The zero-order chi connectivity index (χ0) is 9.97. The Labute approximate surface area is 83.3 Å². The number of rotatable bonds is 2. The molecule has 1 heterocycles. The fraction of sp³-hybridized carbons (Fsp3) is 0.545. The summed E-state index contributed by atoms with van der Waals surface area (Å²) in [6, 6.07) is 3.62. The van der Waals surface area contributed by atoms with Gasteiger partial charge >= 0.3 is 0 Å². The van der Waals surface area contributed by atoms with Gasteiger partial charge in [0.2, 0.25) is 5.56 Å². The van der Waals surface area contributed by atoms with E-state index in [1.165, 1.54) is 25.7 Å². The highest BCUT2D eigenvalue weighted by atomic mass is 16.1. The fourth-order valence-electron chi connectivity index (χ4n) is 2.20. The Hall–Kier alpha value is -1.09. The minimum absolute atomic E-state index is 0.0187. The van der Waals surface area contributed by atoms with Gasteiger partial charge in [0.25, 0.3) is 0 Å². The molecule has 0 saturated heterocycles. The Morgan fingerprint density at radius 2 is 2.07 bits per heavy atom. The molecule has 0 atom stereocenters. The van der Waals surface area contributed by atoms with Gasteiger partial charge < -0.3 is 10.7 Å². The first-order valence-corrected chi connectivity index (χ1v) is 5.23. The zero-order valence-corrected chi connectivity index (χ0v) is 8.25. The second-order valence-electron chi connectivity index (χ2n) is 3.99. The summed E-state index contributed by atoms with van der Waals surface area (Å²) in [5, 5.41) is 0. The van der Waals surface area contributed by atoms with Crippen molar-refractivity contribution in [3.8, 4) is 0 Å². The lowest BCUT2D eigenvalue weighted by Crippen LogP contribution is -2.13. The van der Waals surface area contributed by atoms with E-state index in [4.69, 9.17) is 5.73 Å². The molecule has 0 bridgehead atoms. The summed E-state index contributed by atoms with van der Waals surface area (Å²) in [5.41, 5.74) is 7.53. The summed E-state index contributed by atoms with van der Waals surface area (Å²) in [6.45, 7) is 0.448. The van der Waals surface area contributed by atoms with Crippen LogP contribution in [0, 0.1) is 0 Å². The SMILES string of the molecule is NCc1cc(C2CCCC2)[nH]c(=O)c1. The van der Waals surface area contributed by atoms with Crippen molar-refractivity contribution in [3.05, 3.63) is 33.7 Å². The van der Waals surface area contributed by atoms with Crippen LogP contribution in [0.1, 0.15) is 42.9 Å². The van der Waals surface area contributed by atoms with Gasteiger partial charge in [0.05, 0.1) is 0 Å². The monoisotopic (exact) mass is 192 g/mol. The minimum Gasteiger partial charge on any atom is -0.326 e. The first-order valence-electron chi connectivity index (χ1n) is 5.23. The Morgan fingerprint density at radius 1 is 1.36 bits per heavy atom. The fourth-order valence-corrected chi connectivity index (χ4v) is 2.20. The maximum Gasteiger partial charge on any atom is 0.248 e. The van der Waals surface area contributed by atoms with Crippen LogP contribution < -0.4 is 11.3 Å². The number of pyridine rings is 1. The van der Waals surface area contributed by atoms with Crippen molar-refractivity contribution in [1.82, 2.24) is 4.98 Å². The molecule has 1 saturated carbocycles. The van der Waals surface area contributed by atoms with Crippen LogP contribution in [0.2, 0.25) is 0 Å². The second-order valence-corrected chi connectivity index (χ2v) is 3.99. The average Bonchev–Trinajstić information content (AvgIpc) is 2.69. The van der Waals surface area contributed by atoms with Crippen LogP contribution in [0.4, 0.5) is 0 Å². The van der Waals surface area contributed by atoms with Gasteiger partial charge in [-0.05, 0) is 30.4 Å². The smallest absolute Gasteiger partial charge is 0.248 e. The van der Waals surface area contributed by atoms with E-state index >= 15 is 0 Å². The molecule has 2 rings (SSSR count). The molecule has 14 heavy (non-hydrogen) atoms. The number of aromatic nitrogens is 1. The first-order chi connectivity index (χ1) is 6.79. The van der Waals surface area contributed by atoms with Gasteiger partial charge in [-0.2, -0.15) is 0 Å². The van der Waals surface area contributed by atoms with Crippen molar-refractivity contribution in [2.45, 2.75) is 38.1 Å². The number of nitrogens with one attached hydrogen (secondary N) is 1. The van der Waals surface area contributed by atoms with Gasteiger partial charge in [0.15, 0.2) is 0 Å². The van der Waals surface area contributed by atoms with E-state index < -0.39 is 0 Å². The van der Waals surface area contributed by atoms with Crippen LogP contribution in [-0.4, -0.2) is 4.98 Å². The van der Waals surface area contributed by atoms with E-state index in [2.05, 4.69) is 4.98 Å². The van der Waals surface area contributed by atoms with Crippen LogP contribution in [0.3, 0.4) is 0 Å². The van der Waals surface area contributed by atoms with Gasteiger partial charge in [-0.3, -0.25) is 4.79 Å². The van der Waals surface area contributed by atoms with Crippen LogP contribution >= 0.6 is 0 Å². The van der Waals surface area contributed by atoms with Crippen LogP contribution in [0.25, 0.3) is 0 Å². The quantitative estimate of drug-likeness (QED) is 0.745. The molecular weight excluding hydrogens is 176 g/mol. The molecule has 0 amide bonds. The highest BCUT2D eigenvalue weighted by molar-refractivity contribution is 5.19. The molecule has 0 aromatic carbocycles. The van der Waals surface area contributed by atoms with Gasteiger partial charge in [0.1, 0.15) is 0 Å². The van der Waals surface area contributed by atoms with Crippen LogP contribution in [-0.2, 0) is 6.54 Å². The molecule has 76 valence electrons. The molecule has 1 aromatic rings. The summed E-state index contributed by atoms with van der Waals surface area (Å²) >= 11 is 0. The van der Waals surface area contributed by atoms with Gasteiger partial charge in [-0.25, -0.2) is 0 Å². The summed E-state index contributed by atoms with van der Waals surface area (Å²) in [5.74, 6) is 0.550. The highest BCUT2D eigenvalue weighted by Crippen LogP contribution is 2.32. The van der Waals surface area contributed by atoms with Crippen molar-refractivity contribution in [2.24, 2.45) is 5.73 Å². The number of H-pyrrole nitrogens is 1. The molecule has 1 aliphatic carbocycles. The Kier molecular flexibility index (Phi) is 2.68. The summed E-state index contributed by atoms with van der Waals surface area (Å²) < 4.78 is 0. The normalized spacial score (nSPS) is 17.5. The number of aromatic amines is 1. The van der Waals surface area contributed by atoms with Gasteiger partial charge in [-0.1, -0.05) is 12.8 Å². The van der Waals surface area contributed by atoms with E-state index in [-0.39, 0.29) is 5.56 Å². The van der Waals surface area contributed by atoms with E-state index in [1.54, 1.807) is 6.07 Å². The lowest BCUT2D eigenvalue weighted by molar-refractivity contribution is 0.692. The highest BCUT2D eigenvalue weighted by Gasteiger charge is 2.17. The molecule has 1 aromatic heterocycles. The lowest BCUT2D eigenvalue weighted by Gasteiger charge is -2.09. The predicted molar refractivity (Wildman–Crippen MR) is 56.2 cm³/mol. The molecule has 0 unspecified atom stereocenters. The molecular formula is C11H16N2O. The Morgan fingerprint density at radius 3 is 2.71 bits per heavy atom. The minimum atomic E-state index is -0.0187. The molecule has 3 nitrogen and oxygen atoms in total. The second kappa shape index (κ2) is 3.96. The van der Waals surface area contributed by atoms with E-state index in [9.17, 15) is 4.79 Å². The van der Waals surface area contributed by atoms with Gasteiger partial charge in [0, 0.05) is 18.3 Å². The maximum absolute atomic E-state index is 11.3. The molecule has 1 aliphatic rings. The molecule has 0 aliphatic heterocycles. The molecule has 0 spiro atoms. The molecule has 3 N–H and O–H groups in total. The van der Waals surface area contributed by atoms with E-state index in [0.717, 1.165) is 11.3 Å². The van der Waals surface area contributed by atoms with Crippen LogP contribution in [0.15, 0.2) is 16.9 Å². The van der Waals surface area contributed by atoms with E-state index in [1.807, 2.05) is 6.07 Å². The third-order valence-electron chi connectivity index (χ3n) is 2.96. The van der Waals surface area contributed by atoms with Crippen molar-refractivity contribution in [3.63, 3.8) is 0 Å². The van der Waals surface area contributed by atoms with Gasteiger partial charge in [-0.15, -0.1) is 0 Å². The molecule has 0 radical (unpaired) electrons. The maximum atomic E-state index is 11.3. The summed E-state index contributed by atoms with van der Waals surface area (Å²) in [7, 11) is 0. The summed E-state index contributed by atoms with van der Waals surface area (Å²) in [4.78, 5) is 14.2. The average molecular weight is 192 g/mol.